The van der Waals surface area contributed by atoms with Gasteiger partial charge in [-0.2, -0.15) is 0 Å². The van der Waals surface area contributed by atoms with Crippen molar-refractivity contribution in [1.82, 2.24) is 14.7 Å². The standard InChI is InChI=1S/C17H21N3O4/c1-3-24-13-8-5-9-20-14(10(2)18-15(13)20)16(21)19-12-7-4-6-11(12)17(22)23/h5,8-9,11-12H,3-4,6-7H2,1-2H3,(H,19,21)(H,22,23)/t11-,12-/m1/s1. The van der Waals surface area contributed by atoms with E-state index in [9.17, 15) is 14.7 Å². The molecule has 1 fully saturated rings. The quantitative estimate of drug-likeness (QED) is 0.874. The summed E-state index contributed by atoms with van der Waals surface area (Å²) in [6.45, 7) is 4.16. The van der Waals surface area contributed by atoms with E-state index in [0.29, 0.717) is 42.2 Å². The Morgan fingerprint density at radius 1 is 1.46 bits per heavy atom. The van der Waals surface area contributed by atoms with Gasteiger partial charge in [0.1, 0.15) is 5.69 Å². The van der Waals surface area contributed by atoms with E-state index < -0.39 is 11.9 Å². The van der Waals surface area contributed by atoms with Crippen LogP contribution in [0.1, 0.15) is 42.4 Å². The van der Waals surface area contributed by atoms with Crippen LogP contribution in [0.5, 0.6) is 5.75 Å². The fourth-order valence-corrected chi connectivity index (χ4v) is 3.36. The van der Waals surface area contributed by atoms with E-state index in [2.05, 4.69) is 10.3 Å². The normalized spacial score (nSPS) is 20.2. The fourth-order valence-electron chi connectivity index (χ4n) is 3.36. The van der Waals surface area contributed by atoms with Crippen LogP contribution in [0, 0.1) is 12.8 Å². The van der Waals surface area contributed by atoms with Crippen LogP contribution in [0.25, 0.3) is 5.65 Å². The van der Waals surface area contributed by atoms with Crippen molar-refractivity contribution in [3.05, 3.63) is 29.7 Å². The average molecular weight is 331 g/mol. The molecule has 1 aliphatic carbocycles. The summed E-state index contributed by atoms with van der Waals surface area (Å²) in [5.74, 6) is -1.06. The lowest BCUT2D eigenvalue weighted by Crippen LogP contribution is -2.40. The predicted octanol–water partition coefficient (Wildman–Crippen LogP) is 2.02. The molecule has 128 valence electrons. The van der Waals surface area contributed by atoms with Crippen molar-refractivity contribution >= 4 is 17.5 Å². The van der Waals surface area contributed by atoms with E-state index in [1.807, 2.05) is 13.0 Å². The lowest BCUT2D eigenvalue weighted by Gasteiger charge is -2.17. The van der Waals surface area contributed by atoms with Crippen molar-refractivity contribution in [1.29, 1.82) is 0 Å². The third-order valence-corrected chi connectivity index (χ3v) is 4.45. The second-order valence-electron chi connectivity index (χ2n) is 6.00. The van der Waals surface area contributed by atoms with Crippen LogP contribution in [0.3, 0.4) is 0 Å². The number of carboxylic acid groups (broad SMARTS) is 1. The van der Waals surface area contributed by atoms with Gasteiger partial charge in [-0.3, -0.25) is 14.0 Å². The highest BCUT2D eigenvalue weighted by molar-refractivity contribution is 5.95. The van der Waals surface area contributed by atoms with Crippen LogP contribution in [0.15, 0.2) is 18.3 Å². The van der Waals surface area contributed by atoms with Crippen molar-refractivity contribution in [2.75, 3.05) is 6.61 Å². The molecule has 1 amide bonds. The first-order valence-corrected chi connectivity index (χ1v) is 8.17. The molecule has 0 unspecified atom stereocenters. The number of carbonyl (C=O) groups excluding carboxylic acids is 1. The van der Waals surface area contributed by atoms with Gasteiger partial charge in [0, 0.05) is 12.2 Å². The number of aryl methyl sites for hydroxylation is 1. The number of imidazole rings is 1. The minimum absolute atomic E-state index is 0.299. The van der Waals surface area contributed by atoms with Gasteiger partial charge >= 0.3 is 5.97 Å². The molecule has 0 spiro atoms. The molecular weight excluding hydrogens is 310 g/mol. The lowest BCUT2D eigenvalue weighted by molar-refractivity contribution is -0.142. The minimum Gasteiger partial charge on any atom is -0.490 e. The molecule has 1 saturated carbocycles. The first kappa shape index (κ1) is 16.3. The number of aromatic nitrogens is 2. The van der Waals surface area contributed by atoms with Crippen molar-refractivity contribution in [3.8, 4) is 5.75 Å². The van der Waals surface area contributed by atoms with Gasteiger partial charge in [0.2, 0.25) is 0 Å². The van der Waals surface area contributed by atoms with Gasteiger partial charge in [-0.1, -0.05) is 6.42 Å². The van der Waals surface area contributed by atoms with Crippen LogP contribution in [0.2, 0.25) is 0 Å². The van der Waals surface area contributed by atoms with Gasteiger partial charge in [0.05, 0.1) is 18.2 Å². The summed E-state index contributed by atoms with van der Waals surface area (Å²) in [4.78, 5) is 28.5. The zero-order valence-corrected chi connectivity index (χ0v) is 13.8. The highest BCUT2D eigenvalue weighted by Gasteiger charge is 2.34. The molecule has 7 heteroatoms. The number of nitrogens with one attached hydrogen (secondary N) is 1. The molecule has 2 atom stereocenters. The summed E-state index contributed by atoms with van der Waals surface area (Å²) in [6.07, 6.45) is 3.85. The van der Waals surface area contributed by atoms with Crippen LogP contribution >= 0.6 is 0 Å². The third-order valence-electron chi connectivity index (χ3n) is 4.45. The number of hydrogen-bond donors (Lipinski definition) is 2. The van der Waals surface area contributed by atoms with E-state index in [-0.39, 0.29) is 11.9 Å². The molecule has 2 heterocycles. The van der Waals surface area contributed by atoms with E-state index in [4.69, 9.17) is 4.74 Å². The van der Waals surface area contributed by atoms with Gasteiger partial charge in [0.25, 0.3) is 5.91 Å². The fraction of sp³-hybridized carbons (Fsp3) is 0.471. The maximum Gasteiger partial charge on any atom is 0.308 e. The predicted molar refractivity (Wildman–Crippen MR) is 87.3 cm³/mol. The number of rotatable bonds is 5. The molecule has 0 aliphatic heterocycles. The van der Waals surface area contributed by atoms with Gasteiger partial charge in [0.15, 0.2) is 11.4 Å². The molecule has 2 aromatic rings. The molecule has 0 aromatic carbocycles. The number of carboxylic acids is 1. The van der Waals surface area contributed by atoms with Crippen molar-refractivity contribution in [2.45, 2.75) is 39.2 Å². The Kier molecular flexibility index (Phi) is 4.42. The van der Waals surface area contributed by atoms with E-state index in [1.165, 1.54) is 0 Å². The van der Waals surface area contributed by atoms with Crippen LogP contribution in [0.4, 0.5) is 0 Å². The number of amides is 1. The molecule has 24 heavy (non-hydrogen) atoms. The number of pyridine rings is 1. The second kappa shape index (κ2) is 6.51. The van der Waals surface area contributed by atoms with Crippen molar-refractivity contribution in [3.63, 3.8) is 0 Å². The van der Waals surface area contributed by atoms with Crippen molar-refractivity contribution in [2.24, 2.45) is 5.92 Å². The number of fused-ring (bicyclic) bond motifs is 1. The van der Waals surface area contributed by atoms with Crippen LogP contribution < -0.4 is 10.1 Å². The maximum absolute atomic E-state index is 12.7. The molecule has 2 aromatic heterocycles. The summed E-state index contributed by atoms with van der Waals surface area (Å²) in [5, 5.41) is 12.1. The maximum atomic E-state index is 12.7. The van der Waals surface area contributed by atoms with Gasteiger partial charge in [-0.15, -0.1) is 0 Å². The smallest absolute Gasteiger partial charge is 0.308 e. The average Bonchev–Trinajstić information content (AvgIpc) is 3.11. The summed E-state index contributed by atoms with van der Waals surface area (Å²) in [7, 11) is 0. The summed E-state index contributed by atoms with van der Waals surface area (Å²) in [5.41, 5.74) is 1.59. The molecule has 1 aliphatic rings. The Balaban J connectivity index is 1.91. The lowest BCUT2D eigenvalue weighted by atomic mass is 10.0. The van der Waals surface area contributed by atoms with Crippen molar-refractivity contribution < 1.29 is 19.4 Å². The van der Waals surface area contributed by atoms with Crippen LogP contribution in [-0.2, 0) is 4.79 Å². The first-order chi connectivity index (χ1) is 11.5. The second-order valence-corrected chi connectivity index (χ2v) is 6.00. The molecule has 2 N–H and O–H groups in total. The Bertz CT molecular complexity index is 783. The third kappa shape index (κ3) is 2.81. The number of nitrogens with zero attached hydrogens (tertiary/aromatic N) is 2. The van der Waals surface area contributed by atoms with Crippen LogP contribution in [-0.4, -0.2) is 39.0 Å². The monoisotopic (exact) mass is 331 g/mol. The number of carbonyl (C=O) groups is 2. The molecule has 3 rings (SSSR count). The molecule has 0 saturated heterocycles. The molecular formula is C17H21N3O4. The molecule has 0 bridgehead atoms. The SMILES string of the molecule is CCOc1cccn2c(C(=O)N[C@@H]3CCC[C@H]3C(=O)O)c(C)nc12. The minimum atomic E-state index is -0.855. The van der Waals surface area contributed by atoms with E-state index >= 15 is 0 Å². The Labute approximate surface area is 139 Å². The summed E-state index contributed by atoms with van der Waals surface area (Å²) >= 11 is 0. The Morgan fingerprint density at radius 2 is 2.25 bits per heavy atom. The number of aliphatic carboxylic acids is 1. The number of ether oxygens (including phenoxy) is 1. The zero-order chi connectivity index (χ0) is 17.3. The Hall–Kier alpha value is -2.57. The Morgan fingerprint density at radius 3 is 2.96 bits per heavy atom. The highest BCUT2D eigenvalue weighted by atomic mass is 16.5. The first-order valence-electron chi connectivity index (χ1n) is 8.17. The van der Waals surface area contributed by atoms with E-state index in [0.717, 1.165) is 6.42 Å². The largest absolute Gasteiger partial charge is 0.490 e. The van der Waals surface area contributed by atoms with E-state index in [1.54, 1.807) is 23.6 Å². The zero-order valence-electron chi connectivity index (χ0n) is 13.8. The molecule has 7 nitrogen and oxygen atoms in total. The van der Waals surface area contributed by atoms with Gasteiger partial charge < -0.3 is 15.2 Å². The topological polar surface area (TPSA) is 92.9 Å². The van der Waals surface area contributed by atoms with Gasteiger partial charge in [-0.25, -0.2) is 4.98 Å². The number of hydrogen-bond acceptors (Lipinski definition) is 4. The summed E-state index contributed by atoms with van der Waals surface area (Å²) < 4.78 is 7.25. The highest BCUT2D eigenvalue weighted by Crippen LogP contribution is 2.27. The summed E-state index contributed by atoms with van der Waals surface area (Å²) in [6, 6.07) is 3.27. The van der Waals surface area contributed by atoms with Gasteiger partial charge in [-0.05, 0) is 38.8 Å². The molecule has 0 radical (unpaired) electrons.